The van der Waals surface area contributed by atoms with Crippen molar-refractivity contribution in [2.45, 2.75) is 13.8 Å². The molecule has 0 N–H and O–H groups in total. The van der Waals surface area contributed by atoms with E-state index < -0.39 is 0 Å². The Morgan fingerprint density at radius 1 is 1.33 bits per heavy atom. The van der Waals surface area contributed by atoms with E-state index in [4.69, 9.17) is 4.74 Å². The molecule has 3 nitrogen and oxygen atoms in total. The number of carbonyl (C=O) groups is 1. The number of nitrogens with zero attached hydrogens (tertiary/aromatic N) is 1. The number of rotatable bonds is 4. The van der Waals surface area contributed by atoms with Crippen molar-refractivity contribution in [2.75, 3.05) is 13.2 Å². The second kappa shape index (κ2) is 5.96. The molecule has 0 fully saturated rings. The van der Waals surface area contributed by atoms with Crippen molar-refractivity contribution in [3.8, 4) is 0 Å². The van der Waals surface area contributed by atoms with Gasteiger partial charge in [-0.05, 0) is 19.4 Å². The van der Waals surface area contributed by atoms with E-state index in [9.17, 15) is 4.79 Å². The number of hydrogen-bond acceptors (Lipinski definition) is 3. The summed E-state index contributed by atoms with van der Waals surface area (Å²) in [6.07, 6.45) is 0. The predicted octanol–water partition coefficient (Wildman–Crippen LogP) is 2.06. The summed E-state index contributed by atoms with van der Waals surface area (Å²) in [6, 6.07) is 9.76. The lowest BCUT2D eigenvalue weighted by atomic mass is 10.1. The Hall–Kier alpha value is -1.64. The minimum Gasteiger partial charge on any atom is -0.465 e. The second-order valence-corrected chi connectivity index (χ2v) is 3.07. The largest absolute Gasteiger partial charge is 0.465 e. The Balaban J connectivity index is 2.57. The van der Waals surface area contributed by atoms with E-state index in [-0.39, 0.29) is 12.5 Å². The van der Waals surface area contributed by atoms with E-state index in [1.165, 1.54) is 0 Å². The van der Waals surface area contributed by atoms with Crippen molar-refractivity contribution >= 4 is 11.7 Å². The molecule has 0 radical (unpaired) electrons. The SMILES string of the molecule is CCOC(=O)CN=C(C)c1ccccc1. The summed E-state index contributed by atoms with van der Waals surface area (Å²) in [6.45, 7) is 4.16. The summed E-state index contributed by atoms with van der Waals surface area (Å²) in [7, 11) is 0. The van der Waals surface area contributed by atoms with Gasteiger partial charge in [-0.15, -0.1) is 0 Å². The molecule has 0 saturated heterocycles. The third kappa shape index (κ3) is 3.94. The first kappa shape index (κ1) is 11.4. The minimum absolute atomic E-state index is 0.0918. The lowest BCUT2D eigenvalue weighted by Gasteiger charge is -2.01. The van der Waals surface area contributed by atoms with Gasteiger partial charge in [0, 0.05) is 5.71 Å². The monoisotopic (exact) mass is 205 g/mol. The number of hydrogen-bond donors (Lipinski definition) is 0. The van der Waals surface area contributed by atoms with Crippen molar-refractivity contribution in [3.05, 3.63) is 35.9 Å². The molecule has 1 aromatic rings. The molecule has 1 rings (SSSR count). The van der Waals surface area contributed by atoms with E-state index >= 15 is 0 Å². The summed E-state index contributed by atoms with van der Waals surface area (Å²) in [5.74, 6) is -0.284. The zero-order chi connectivity index (χ0) is 11.1. The minimum atomic E-state index is -0.284. The van der Waals surface area contributed by atoms with Crippen LogP contribution < -0.4 is 0 Å². The van der Waals surface area contributed by atoms with Crippen LogP contribution in [-0.2, 0) is 9.53 Å². The van der Waals surface area contributed by atoms with Crippen molar-refractivity contribution in [1.29, 1.82) is 0 Å². The third-order valence-corrected chi connectivity index (χ3v) is 1.94. The normalized spacial score (nSPS) is 11.2. The molecule has 0 saturated carbocycles. The topological polar surface area (TPSA) is 38.7 Å². The van der Waals surface area contributed by atoms with Gasteiger partial charge < -0.3 is 4.74 Å². The van der Waals surface area contributed by atoms with E-state index in [1.807, 2.05) is 37.3 Å². The summed E-state index contributed by atoms with van der Waals surface area (Å²) >= 11 is 0. The van der Waals surface area contributed by atoms with Gasteiger partial charge in [-0.1, -0.05) is 30.3 Å². The molecule has 0 aliphatic heterocycles. The first-order valence-electron chi connectivity index (χ1n) is 4.96. The maximum atomic E-state index is 11.0. The number of benzene rings is 1. The van der Waals surface area contributed by atoms with Gasteiger partial charge in [0.25, 0.3) is 0 Å². The van der Waals surface area contributed by atoms with E-state index in [0.717, 1.165) is 11.3 Å². The smallest absolute Gasteiger partial charge is 0.327 e. The van der Waals surface area contributed by atoms with Crippen LogP contribution in [0.1, 0.15) is 19.4 Å². The van der Waals surface area contributed by atoms with Crippen molar-refractivity contribution in [1.82, 2.24) is 0 Å². The third-order valence-electron chi connectivity index (χ3n) is 1.94. The fourth-order valence-electron chi connectivity index (χ4n) is 1.16. The van der Waals surface area contributed by atoms with Gasteiger partial charge in [0.1, 0.15) is 6.54 Å². The molecule has 0 aromatic heterocycles. The average Bonchev–Trinajstić information content (AvgIpc) is 2.27. The predicted molar refractivity (Wildman–Crippen MR) is 60.2 cm³/mol. The van der Waals surface area contributed by atoms with Crippen LogP contribution in [0, 0.1) is 0 Å². The Morgan fingerprint density at radius 2 is 2.00 bits per heavy atom. The zero-order valence-corrected chi connectivity index (χ0v) is 9.06. The molecule has 15 heavy (non-hydrogen) atoms. The maximum absolute atomic E-state index is 11.0. The van der Waals surface area contributed by atoms with Crippen molar-refractivity contribution in [3.63, 3.8) is 0 Å². The lowest BCUT2D eigenvalue weighted by Crippen LogP contribution is -2.09. The lowest BCUT2D eigenvalue weighted by molar-refractivity contribution is -0.141. The maximum Gasteiger partial charge on any atom is 0.327 e. The number of ether oxygens (including phenoxy) is 1. The molecule has 0 spiro atoms. The molecule has 0 amide bonds. The van der Waals surface area contributed by atoms with Crippen LogP contribution in [0.4, 0.5) is 0 Å². The van der Waals surface area contributed by atoms with Gasteiger partial charge in [-0.3, -0.25) is 9.79 Å². The van der Waals surface area contributed by atoms with Gasteiger partial charge in [-0.25, -0.2) is 0 Å². The quantitative estimate of drug-likeness (QED) is 0.557. The van der Waals surface area contributed by atoms with Crippen LogP contribution in [0.3, 0.4) is 0 Å². The highest BCUT2D eigenvalue weighted by atomic mass is 16.5. The standard InChI is InChI=1S/C12H15NO2/c1-3-15-12(14)9-13-10(2)11-7-5-4-6-8-11/h4-8H,3,9H2,1-2H3. The van der Waals surface area contributed by atoms with Crippen LogP contribution in [-0.4, -0.2) is 24.8 Å². The summed E-state index contributed by atoms with van der Waals surface area (Å²) in [5, 5.41) is 0. The first-order valence-corrected chi connectivity index (χ1v) is 4.96. The molecule has 1 aromatic carbocycles. The molecule has 0 aliphatic rings. The zero-order valence-electron chi connectivity index (χ0n) is 9.06. The fraction of sp³-hybridized carbons (Fsp3) is 0.333. The highest BCUT2D eigenvalue weighted by Gasteiger charge is 2.00. The average molecular weight is 205 g/mol. The summed E-state index contributed by atoms with van der Waals surface area (Å²) in [4.78, 5) is 15.2. The molecule has 0 unspecified atom stereocenters. The number of esters is 1. The Bertz CT molecular complexity index is 344. The Morgan fingerprint density at radius 3 is 2.60 bits per heavy atom. The second-order valence-electron chi connectivity index (χ2n) is 3.07. The molecular weight excluding hydrogens is 190 g/mol. The van der Waals surface area contributed by atoms with E-state index in [1.54, 1.807) is 6.92 Å². The molecule has 0 bridgehead atoms. The Kier molecular flexibility index (Phi) is 4.54. The molecule has 80 valence electrons. The van der Waals surface area contributed by atoms with Crippen LogP contribution in [0.5, 0.6) is 0 Å². The number of carbonyl (C=O) groups excluding carboxylic acids is 1. The molecule has 0 heterocycles. The highest BCUT2D eigenvalue weighted by Crippen LogP contribution is 2.00. The first-order chi connectivity index (χ1) is 7.24. The van der Waals surface area contributed by atoms with Gasteiger partial charge in [-0.2, -0.15) is 0 Å². The molecule has 0 atom stereocenters. The van der Waals surface area contributed by atoms with E-state index in [2.05, 4.69) is 4.99 Å². The van der Waals surface area contributed by atoms with Gasteiger partial charge >= 0.3 is 5.97 Å². The molecular formula is C12H15NO2. The fourth-order valence-corrected chi connectivity index (χ4v) is 1.16. The summed E-state index contributed by atoms with van der Waals surface area (Å²) in [5.41, 5.74) is 1.88. The van der Waals surface area contributed by atoms with Crippen molar-refractivity contribution < 1.29 is 9.53 Å². The molecule has 3 heteroatoms. The van der Waals surface area contributed by atoms with Gasteiger partial charge in [0.15, 0.2) is 0 Å². The van der Waals surface area contributed by atoms with Gasteiger partial charge in [0.05, 0.1) is 6.61 Å². The summed E-state index contributed by atoms with van der Waals surface area (Å²) < 4.78 is 4.78. The molecule has 0 aliphatic carbocycles. The van der Waals surface area contributed by atoms with Crippen molar-refractivity contribution in [2.24, 2.45) is 4.99 Å². The Labute approximate surface area is 89.8 Å². The van der Waals surface area contributed by atoms with Gasteiger partial charge in [0.2, 0.25) is 0 Å². The number of aliphatic imine (C=N–C) groups is 1. The van der Waals surface area contributed by atoms with Crippen LogP contribution in [0.15, 0.2) is 35.3 Å². The van der Waals surface area contributed by atoms with Crippen LogP contribution >= 0.6 is 0 Å². The van der Waals surface area contributed by atoms with Crippen LogP contribution in [0.25, 0.3) is 0 Å². The van der Waals surface area contributed by atoms with E-state index in [0.29, 0.717) is 6.61 Å². The van der Waals surface area contributed by atoms with Crippen LogP contribution in [0.2, 0.25) is 0 Å². The highest BCUT2D eigenvalue weighted by molar-refractivity contribution is 5.99.